The molecule has 1 saturated carbocycles. The molecule has 32 heavy (non-hydrogen) atoms. The average molecular weight is 463 g/mol. The molecule has 9 heteroatoms. The fourth-order valence-corrected chi connectivity index (χ4v) is 5.68. The van der Waals surface area contributed by atoms with Crippen LogP contribution in [0.3, 0.4) is 0 Å². The second-order valence-electron chi connectivity index (χ2n) is 7.78. The molecule has 1 aliphatic carbocycles. The normalized spacial score (nSPS) is 13.9. The Hall–Kier alpha value is -2.65. The van der Waals surface area contributed by atoms with E-state index in [-0.39, 0.29) is 29.9 Å². The first-order valence-electron chi connectivity index (χ1n) is 10.7. The number of carbonyl (C=O) groups is 2. The first-order valence-corrected chi connectivity index (χ1v) is 12.2. The predicted molar refractivity (Wildman–Crippen MR) is 120 cm³/mol. The Labute approximate surface area is 189 Å². The Kier molecular flexibility index (Phi) is 7.09. The molecule has 3 rings (SSSR count). The quantitative estimate of drug-likeness (QED) is 0.397. The van der Waals surface area contributed by atoms with Crippen molar-refractivity contribution in [2.75, 3.05) is 20.3 Å². The van der Waals surface area contributed by atoms with Gasteiger partial charge in [-0.1, -0.05) is 0 Å². The van der Waals surface area contributed by atoms with Crippen molar-refractivity contribution in [3.8, 4) is 5.75 Å². The molecule has 0 saturated heterocycles. The molecule has 1 heterocycles. The minimum Gasteiger partial charge on any atom is -0.497 e. The number of hydrogen-bond acceptors (Lipinski definition) is 6. The van der Waals surface area contributed by atoms with Crippen LogP contribution in [0.5, 0.6) is 5.75 Å². The fourth-order valence-electron chi connectivity index (χ4n) is 4.04. The van der Waals surface area contributed by atoms with E-state index in [1.165, 1.54) is 23.5 Å². The first kappa shape index (κ1) is 24.0. The summed E-state index contributed by atoms with van der Waals surface area (Å²) in [6.45, 7) is 7.52. The second-order valence-corrected chi connectivity index (χ2v) is 9.67. The van der Waals surface area contributed by atoms with Gasteiger partial charge in [0.25, 0.3) is 0 Å². The highest BCUT2D eigenvalue weighted by Crippen LogP contribution is 2.33. The van der Waals surface area contributed by atoms with E-state index < -0.39 is 16.0 Å². The largest absolute Gasteiger partial charge is 0.497 e. The summed E-state index contributed by atoms with van der Waals surface area (Å²) in [5, 5.41) is 0. The van der Waals surface area contributed by atoms with Gasteiger partial charge in [0.15, 0.2) is 5.78 Å². The maximum Gasteiger partial charge on any atom is 0.355 e. The molecule has 0 amide bonds. The van der Waals surface area contributed by atoms with Gasteiger partial charge in [-0.2, -0.15) is 4.31 Å². The molecule has 0 aliphatic heterocycles. The van der Waals surface area contributed by atoms with Crippen LogP contribution < -0.4 is 4.74 Å². The number of carbonyl (C=O) groups excluding carboxylic acids is 2. The third-order valence-corrected chi connectivity index (χ3v) is 7.66. The molecule has 1 aromatic heterocycles. The minimum atomic E-state index is -3.87. The molecule has 1 aliphatic rings. The summed E-state index contributed by atoms with van der Waals surface area (Å²) < 4.78 is 40.0. The Balaban J connectivity index is 1.96. The van der Waals surface area contributed by atoms with Gasteiger partial charge in [-0.3, -0.25) is 4.79 Å². The van der Waals surface area contributed by atoms with Gasteiger partial charge in [0, 0.05) is 23.8 Å². The van der Waals surface area contributed by atoms with E-state index in [2.05, 4.69) is 0 Å². The van der Waals surface area contributed by atoms with Gasteiger partial charge in [-0.05, 0) is 70.4 Å². The number of ketones is 1. The molecular weight excluding hydrogens is 432 g/mol. The standard InChI is InChI=1S/C23H30N2O6S/c1-6-24-16(4)21(15(3)22(24)23(27)31-7-2)20(26)14-25(17-8-9-17)32(28,29)19-12-10-18(30-5)11-13-19/h10-13,17H,6-9,14H2,1-5H3. The molecule has 0 atom stereocenters. The topological polar surface area (TPSA) is 94.9 Å². The number of nitrogens with zero attached hydrogens (tertiary/aromatic N) is 2. The Bertz CT molecular complexity index is 1110. The summed E-state index contributed by atoms with van der Waals surface area (Å²) in [5.74, 6) is -0.266. The van der Waals surface area contributed by atoms with Crippen molar-refractivity contribution in [3.63, 3.8) is 0 Å². The van der Waals surface area contributed by atoms with E-state index in [1.807, 2.05) is 6.92 Å². The molecule has 174 valence electrons. The summed E-state index contributed by atoms with van der Waals surface area (Å²) in [5.41, 5.74) is 1.87. The highest BCUT2D eigenvalue weighted by atomic mass is 32.2. The smallest absolute Gasteiger partial charge is 0.355 e. The van der Waals surface area contributed by atoms with Crippen molar-refractivity contribution < 1.29 is 27.5 Å². The number of esters is 1. The van der Waals surface area contributed by atoms with Crippen LogP contribution in [0.4, 0.5) is 0 Å². The molecule has 0 unspecified atom stereocenters. The van der Waals surface area contributed by atoms with Crippen molar-refractivity contribution in [1.29, 1.82) is 0 Å². The number of aromatic nitrogens is 1. The first-order chi connectivity index (χ1) is 15.2. The van der Waals surface area contributed by atoms with Crippen molar-refractivity contribution in [1.82, 2.24) is 8.87 Å². The van der Waals surface area contributed by atoms with Gasteiger partial charge in [0.05, 0.1) is 25.2 Å². The Morgan fingerprint density at radius 3 is 2.25 bits per heavy atom. The number of rotatable bonds is 10. The predicted octanol–water partition coefficient (Wildman–Crippen LogP) is 3.35. The average Bonchev–Trinajstić information content (AvgIpc) is 3.56. The highest BCUT2D eigenvalue weighted by Gasteiger charge is 2.40. The number of benzene rings is 1. The lowest BCUT2D eigenvalue weighted by molar-refractivity contribution is 0.0512. The van der Waals surface area contributed by atoms with E-state index in [9.17, 15) is 18.0 Å². The van der Waals surface area contributed by atoms with Crippen LogP contribution in [-0.4, -0.2) is 55.3 Å². The lowest BCUT2D eigenvalue weighted by Crippen LogP contribution is -2.37. The van der Waals surface area contributed by atoms with Gasteiger partial charge in [-0.15, -0.1) is 0 Å². The SMILES string of the molecule is CCOC(=O)c1c(C)c(C(=O)CN(C2CC2)S(=O)(=O)c2ccc(OC)cc2)c(C)n1CC. The van der Waals surface area contributed by atoms with Gasteiger partial charge >= 0.3 is 5.97 Å². The van der Waals surface area contributed by atoms with Crippen molar-refractivity contribution in [2.45, 2.75) is 58.0 Å². The molecule has 1 fully saturated rings. The zero-order valence-electron chi connectivity index (χ0n) is 19.2. The fraction of sp³-hybridized carbons (Fsp3) is 0.478. The van der Waals surface area contributed by atoms with Crippen molar-refractivity contribution >= 4 is 21.8 Å². The van der Waals surface area contributed by atoms with E-state index in [0.717, 1.165) is 0 Å². The van der Waals surface area contributed by atoms with Crippen molar-refractivity contribution in [3.05, 3.63) is 46.8 Å². The van der Waals surface area contributed by atoms with Crippen LogP contribution in [0.25, 0.3) is 0 Å². The maximum atomic E-state index is 13.4. The zero-order valence-corrected chi connectivity index (χ0v) is 20.0. The monoisotopic (exact) mass is 462 g/mol. The van der Waals surface area contributed by atoms with E-state index in [4.69, 9.17) is 9.47 Å². The number of Topliss-reactive ketones (excluding diaryl/α,β-unsaturated/α-hetero) is 1. The molecule has 0 bridgehead atoms. The van der Waals surface area contributed by atoms with Crippen LogP contribution in [0.2, 0.25) is 0 Å². The molecule has 8 nitrogen and oxygen atoms in total. The van der Waals surface area contributed by atoms with E-state index in [1.54, 1.807) is 37.5 Å². The molecule has 2 aromatic rings. The van der Waals surface area contributed by atoms with Crippen LogP contribution in [0.1, 0.15) is 58.8 Å². The molecular formula is C23H30N2O6S. The molecule has 0 spiro atoms. The lowest BCUT2D eigenvalue weighted by Gasteiger charge is -2.21. The number of methoxy groups -OCH3 is 1. The summed E-state index contributed by atoms with van der Waals surface area (Å²) in [4.78, 5) is 26.0. The van der Waals surface area contributed by atoms with Gasteiger partial charge < -0.3 is 14.0 Å². The Morgan fingerprint density at radius 2 is 1.75 bits per heavy atom. The van der Waals surface area contributed by atoms with Crippen LogP contribution in [0.15, 0.2) is 29.2 Å². The molecule has 0 radical (unpaired) electrons. The van der Waals surface area contributed by atoms with Gasteiger partial charge in [-0.25, -0.2) is 13.2 Å². The van der Waals surface area contributed by atoms with Gasteiger partial charge in [0.1, 0.15) is 11.4 Å². The zero-order chi connectivity index (χ0) is 23.6. The van der Waals surface area contributed by atoms with Crippen molar-refractivity contribution in [2.24, 2.45) is 0 Å². The van der Waals surface area contributed by atoms with Crippen LogP contribution >= 0.6 is 0 Å². The number of hydrogen-bond donors (Lipinski definition) is 0. The maximum absolute atomic E-state index is 13.4. The van der Waals surface area contributed by atoms with E-state index in [0.29, 0.717) is 47.7 Å². The third-order valence-electron chi connectivity index (χ3n) is 5.75. The Morgan fingerprint density at radius 1 is 1.12 bits per heavy atom. The third kappa shape index (κ3) is 4.45. The van der Waals surface area contributed by atoms with Gasteiger partial charge in [0.2, 0.25) is 10.0 Å². The summed E-state index contributed by atoms with van der Waals surface area (Å²) in [7, 11) is -2.36. The molecule has 0 N–H and O–H groups in total. The van der Waals surface area contributed by atoms with Crippen LogP contribution in [0, 0.1) is 13.8 Å². The minimum absolute atomic E-state index is 0.116. The summed E-state index contributed by atoms with van der Waals surface area (Å²) in [6, 6.07) is 5.93. The second kappa shape index (κ2) is 9.46. The summed E-state index contributed by atoms with van der Waals surface area (Å²) in [6.07, 6.45) is 1.43. The van der Waals surface area contributed by atoms with Crippen LogP contribution in [-0.2, 0) is 21.3 Å². The van der Waals surface area contributed by atoms with E-state index >= 15 is 0 Å². The number of sulfonamides is 1. The lowest BCUT2D eigenvalue weighted by atomic mass is 10.1. The molecule has 1 aromatic carbocycles. The highest BCUT2D eigenvalue weighted by molar-refractivity contribution is 7.89. The summed E-state index contributed by atoms with van der Waals surface area (Å²) >= 11 is 0. The number of ether oxygens (including phenoxy) is 2.